The molecule has 1 saturated heterocycles. The second-order valence-electron chi connectivity index (χ2n) is 19.1. The van der Waals surface area contributed by atoms with E-state index in [0.717, 1.165) is 0 Å². The first-order valence-electron chi connectivity index (χ1n) is 23.0. The summed E-state index contributed by atoms with van der Waals surface area (Å²) in [5.74, 6) is -7.96. The third-order valence-electron chi connectivity index (χ3n) is 14.6. The van der Waals surface area contributed by atoms with E-state index >= 15 is 4.79 Å². The molecule has 2 unspecified atom stereocenters. The zero-order valence-electron chi connectivity index (χ0n) is 39.4. The van der Waals surface area contributed by atoms with Crippen LogP contribution in [0.3, 0.4) is 0 Å². The highest BCUT2D eigenvalue weighted by molar-refractivity contribution is 9.10. The number of nitrogens with one attached hydrogen (secondary N) is 1. The number of carbonyl (C=O) groups is 7. The van der Waals surface area contributed by atoms with Crippen LogP contribution in [0.1, 0.15) is 97.1 Å². The first-order chi connectivity index (χ1) is 33.3. The first kappa shape index (κ1) is 49.9. The molecule has 8 rings (SSSR count). The molecule has 0 radical (unpaired) electrons. The molecule has 70 heavy (non-hydrogen) atoms. The van der Waals surface area contributed by atoms with Gasteiger partial charge in [0.2, 0.25) is 0 Å². The Morgan fingerprint density at radius 2 is 1.34 bits per heavy atom. The van der Waals surface area contributed by atoms with Crippen LogP contribution in [0.15, 0.2) is 131 Å². The zero-order chi connectivity index (χ0) is 50.3. The van der Waals surface area contributed by atoms with E-state index in [-0.39, 0.29) is 41.7 Å². The lowest BCUT2D eigenvalue weighted by atomic mass is 9.46. The number of esters is 5. The van der Waals surface area contributed by atoms with Crippen LogP contribution in [0, 0.1) is 22.7 Å². The second-order valence-corrected chi connectivity index (χ2v) is 20.0. The number of carbonyl (C=O) groups excluding carboxylic acids is 7. The van der Waals surface area contributed by atoms with Gasteiger partial charge in [-0.3, -0.25) is 19.2 Å². The van der Waals surface area contributed by atoms with Crippen LogP contribution in [-0.4, -0.2) is 95.5 Å². The number of ether oxygens (including phenoxy) is 6. The van der Waals surface area contributed by atoms with Gasteiger partial charge in [0, 0.05) is 36.2 Å². The SMILES string of the molecule is CC(=O)O[C@H]1C[C@H]2OC[C@@]2(OC(C)=O)C2[C@H](OC(=O)c3ccccc3)C3C[C@H](OC(=O)[C@H](O)[C@@H](NC(=O)c4ccccc4)c4ccccc4)C(C)=C([C@@H](OC(=O)c4cccc(Br)c4)C(=O)[C@@]21C)C3(C)C. The Labute approximate surface area is 413 Å². The standard InChI is InChI=1S/C54H54BrNO14/c1-29-38(67-51(64)43(59)42(32-17-10-7-11-18-32)56-48(61)33-19-12-8-13-20-33)26-37-44(68-49(62)34-21-14-9-15-22-34)46-53(6,39(66-30(2)57)27-40-54(46,28-65-40)70-31(3)58)47(60)45(41(29)52(37,4)5)69-50(63)35-23-16-24-36(55)25-35/h7-25,37-40,42-46,59H,26-28H2,1-6H3,(H,56,61)/t37?,38-,39-,40+,42-,43+,44+,45+,46?,53+,54-/m0/s1. The molecule has 2 N–H and O–H groups in total. The summed E-state index contributed by atoms with van der Waals surface area (Å²) in [5.41, 5.74) is -3.46. The normalized spacial score (nSPS) is 28.3. The molecule has 2 saturated carbocycles. The van der Waals surface area contributed by atoms with Crippen molar-refractivity contribution in [2.75, 3.05) is 6.61 Å². The minimum Gasteiger partial charge on any atom is -0.461 e. The van der Waals surface area contributed by atoms with Gasteiger partial charge in [0.25, 0.3) is 5.91 Å². The number of aliphatic hydroxyl groups is 1. The predicted octanol–water partition coefficient (Wildman–Crippen LogP) is 7.25. The van der Waals surface area contributed by atoms with E-state index in [2.05, 4.69) is 21.2 Å². The Kier molecular flexibility index (Phi) is 14.1. The maximum absolute atomic E-state index is 16.3. The first-order valence-corrected chi connectivity index (χ1v) is 23.8. The van der Waals surface area contributed by atoms with Crippen molar-refractivity contribution in [3.8, 4) is 0 Å². The smallest absolute Gasteiger partial charge is 0.339 e. The monoisotopic (exact) mass is 1020 g/mol. The molecule has 16 heteroatoms. The Hall–Kier alpha value is -6.49. The van der Waals surface area contributed by atoms with Crippen LogP contribution in [0.2, 0.25) is 0 Å². The van der Waals surface area contributed by atoms with E-state index in [1.165, 1.54) is 26.0 Å². The zero-order valence-corrected chi connectivity index (χ0v) is 41.0. The number of halogens is 1. The lowest BCUT2D eigenvalue weighted by Gasteiger charge is -2.66. The number of fused-ring (bicyclic) bond motifs is 5. The molecule has 0 spiro atoms. The summed E-state index contributed by atoms with van der Waals surface area (Å²) in [6.45, 7) is 8.92. The van der Waals surface area contributed by atoms with Crippen LogP contribution in [0.4, 0.5) is 0 Å². The number of amides is 1. The van der Waals surface area contributed by atoms with E-state index < -0.39 is 112 Å². The number of hydrogen-bond donors (Lipinski definition) is 2. The summed E-state index contributed by atoms with van der Waals surface area (Å²) in [6.07, 6.45) is -8.95. The van der Waals surface area contributed by atoms with Crippen molar-refractivity contribution in [3.63, 3.8) is 0 Å². The van der Waals surface area contributed by atoms with Gasteiger partial charge in [-0.1, -0.05) is 103 Å². The highest BCUT2D eigenvalue weighted by Crippen LogP contribution is 2.64. The molecule has 3 fully saturated rings. The molecule has 4 aromatic carbocycles. The Morgan fingerprint density at radius 1 is 0.743 bits per heavy atom. The number of aliphatic hydroxyl groups excluding tert-OH is 1. The van der Waals surface area contributed by atoms with Crippen molar-refractivity contribution in [2.24, 2.45) is 22.7 Å². The summed E-state index contributed by atoms with van der Waals surface area (Å²) in [6, 6.07) is 29.9. The van der Waals surface area contributed by atoms with Gasteiger partial charge in [-0.05, 0) is 84.9 Å². The van der Waals surface area contributed by atoms with Crippen molar-refractivity contribution in [1.82, 2.24) is 5.32 Å². The van der Waals surface area contributed by atoms with Crippen molar-refractivity contribution < 1.29 is 67.1 Å². The molecule has 3 aliphatic carbocycles. The Balaban J connectivity index is 1.31. The van der Waals surface area contributed by atoms with Crippen molar-refractivity contribution >= 4 is 57.5 Å². The molecule has 4 aliphatic rings. The van der Waals surface area contributed by atoms with E-state index in [1.807, 2.05) is 0 Å². The van der Waals surface area contributed by atoms with Gasteiger partial charge in [-0.15, -0.1) is 0 Å². The number of benzene rings is 4. The molecule has 1 heterocycles. The average molecular weight is 1020 g/mol. The third kappa shape index (κ3) is 9.19. The van der Waals surface area contributed by atoms with Gasteiger partial charge < -0.3 is 38.8 Å². The predicted molar refractivity (Wildman–Crippen MR) is 254 cm³/mol. The molecule has 1 aliphatic heterocycles. The summed E-state index contributed by atoms with van der Waals surface area (Å²) in [7, 11) is 0. The van der Waals surface area contributed by atoms with E-state index in [9.17, 15) is 33.9 Å². The molecular weight excluding hydrogens is 966 g/mol. The minimum absolute atomic E-state index is 0.0867. The van der Waals surface area contributed by atoms with Crippen LogP contribution in [0.5, 0.6) is 0 Å². The van der Waals surface area contributed by atoms with E-state index in [4.69, 9.17) is 28.4 Å². The molecule has 2 bridgehead atoms. The molecule has 0 aromatic heterocycles. The lowest BCUT2D eigenvalue weighted by Crippen LogP contribution is -2.79. The van der Waals surface area contributed by atoms with Gasteiger partial charge in [0.05, 0.1) is 35.1 Å². The van der Waals surface area contributed by atoms with E-state index in [0.29, 0.717) is 15.6 Å². The highest BCUT2D eigenvalue weighted by Gasteiger charge is 2.76. The number of rotatable bonds is 12. The number of Topliss-reactive ketones (excluding diaryl/α,β-unsaturated/α-hetero) is 1. The van der Waals surface area contributed by atoms with Gasteiger partial charge in [-0.2, -0.15) is 0 Å². The number of hydrogen-bond acceptors (Lipinski definition) is 14. The molecular formula is C54H54BrNO14. The Bertz CT molecular complexity index is 2730. The summed E-state index contributed by atoms with van der Waals surface area (Å²) >= 11 is 3.41. The maximum atomic E-state index is 16.3. The fourth-order valence-electron chi connectivity index (χ4n) is 11.2. The van der Waals surface area contributed by atoms with Gasteiger partial charge in [0.1, 0.15) is 24.4 Å². The minimum atomic E-state index is -1.99. The quantitative estimate of drug-likeness (QED) is 0.0815. The summed E-state index contributed by atoms with van der Waals surface area (Å²) in [5, 5.41) is 14.8. The van der Waals surface area contributed by atoms with Crippen LogP contribution in [0.25, 0.3) is 0 Å². The topological polar surface area (TPSA) is 207 Å². The molecule has 366 valence electrons. The van der Waals surface area contributed by atoms with Crippen LogP contribution < -0.4 is 5.32 Å². The van der Waals surface area contributed by atoms with Crippen LogP contribution >= 0.6 is 15.9 Å². The van der Waals surface area contributed by atoms with Crippen molar-refractivity contribution in [1.29, 1.82) is 0 Å². The van der Waals surface area contributed by atoms with E-state index in [1.54, 1.807) is 131 Å². The van der Waals surface area contributed by atoms with Crippen molar-refractivity contribution in [2.45, 2.75) is 103 Å². The van der Waals surface area contributed by atoms with Crippen LogP contribution in [-0.2, 0) is 47.6 Å². The van der Waals surface area contributed by atoms with Gasteiger partial charge in [-0.25, -0.2) is 14.4 Å². The largest absolute Gasteiger partial charge is 0.461 e. The highest BCUT2D eigenvalue weighted by atomic mass is 79.9. The number of ketones is 1. The summed E-state index contributed by atoms with van der Waals surface area (Å²) in [4.78, 5) is 99.9. The summed E-state index contributed by atoms with van der Waals surface area (Å²) < 4.78 is 38.4. The fraction of sp³-hybridized carbons (Fsp3) is 0.389. The molecule has 11 atom stereocenters. The fourth-order valence-corrected chi connectivity index (χ4v) is 11.6. The van der Waals surface area contributed by atoms with Gasteiger partial charge in [0.15, 0.2) is 23.6 Å². The Morgan fingerprint density at radius 3 is 1.93 bits per heavy atom. The van der Waals surface area contributed by atoms with Crippen molar-refractivity contribution in [3.05, 3.63) is 153 Å². The lowest BCUT2D eigenvalue weighted by molar-refractivity contribution is -0.336. The molecule has 1 amide bonds. The maximum Gasteiger partial charge on any atom is 0.339 e. The molecule has 15 nitrogen and oxygen atoms in total. The van der Waals surface area contributed by atoms with Gasteiger partial charge >= 0.3 is 29.8 Å². The average Bonchev–Trinajstić information content (AvgIpc) is 3.33. The molecule has 4 aromatic rings. The third-order valence-corrected chi connectivity index (χ3v) is 15.0. The second kappa shape index (κ2) is 19.7.